The highest BCUT2D eigenvalue weighted by Gasteiger charge is 2.23. The lowest BCUT2D eigenvalue weighted by Crippen LogP contribution is -2.33. The van der Waals surface area contributed by atoms with Crippen LogP contribution in [0.4, 0.5) is 4.39 Å². The smallest absolute Gasteiger partial charge is 0.149 e. The van der Waals surface area contributed by atoms with Crippen molar-refractivity contribution in [2.24, 2.45) is 5.73 Å². The summed E-state index contributed by atoms with van der Waals surface area (Å²) in [6, 6.07) is 4.82. The molecule has 4 nitrogen and oxygen atoms in total. The first kappa shape index (κ1) is 13.0. The Morgan fingerprint density at radius 1 is 1.50 bits per heavy atom. The Hall–Kier alpha value is -2.01. The van der Waals surface area contributed by atoms with Crippen LogP contribution < -0.4 is 5.73 Å². The average molecular weight is 272 g/mol. The van der Waals surface area contributed by atoms with Crippen molar-refractivity contribution in [3.63, 3.8) is 0 Å². The molecule has 0 radical (unpaired) electrons. The topological polar surface area (TPSA) is 66.0 Å². The number of fused-ring (bicyclic) bond motifs is 2. The number of pyridine rings is 1. The Labute approximate surface area is 116 Å². The minimum atomic E-state index is -0.356. The summed E-state index contributed by atoms with van der Waals surface area (Å²) in [5, 5.41) is 8.49. The number of nitrogens with two attached hydrogens (primary N) is 1. The molecule has 0 atom stereocenters. The molecule has 1 aliphatic heterocycles. The number of aromatic nitrogens is 1. The van der Waals surface area contributed by atoms with Crippen LogP contribution in [0.1, 0.15) is 23.7 Å². The third-order valence-electron chi connectivity index (χ3n) is 3.92. The van der Waals surface area contributed by atoms with Crippen molar-refractivity contribution in [3.8, 4) is 0 Å². The van der Waals surface area contributed by atoms with Gasteiger partial charge in [0.25, 0.3) is 0 Å². The van der Waals surface area contributed by atoms with Gasteiger partial charge >= 0.3 is 0 Å². The molecule has 104 valence electrons. The van der Waals surface area contributed by atoms with E-state index in [2.05, 4.69) is 16.8 Å². The van der Waals surface area contributed by atoms with Crippen LogP contribution in [-0.2, 0) is 13.0 Å². The first-order valence-electron chi connectivity index (χ1n) is 6.78. The summed E-state index contributed by atoms with van der Waals surface area (Å²) in [6.07, 6.45) is 0.772. The maximum Gasteiger partial charge on any atom is 0.149 e. The van der Waals surface area contributed by atoms with Gasteiger partial charge in [-0.3, -0.25) is 10.3 Å². The Bertz CT molecular complexity index is 696. The maximum atomic E-state index is 14.0. The van der Waals surface area contributed by atoms with E-state index in [-0.39, 0.29) is 11.7 Å². The lowest BCUT2D eigenvalue weighted by Gasteiger charge is -2.29. The zero-order valence-electron chi connectivity index (χ0n) is 11.4. The molecule has 0 aliphatic carbocycles. The van der Waals surface area contributed by atoms with Crippen molar-refractivity contribution in [2.75, 3.05) is 13.1 Å². The number of nitrogens with one attached hydrogen (secondary N) is 1. The molecule has 1 aromatic carbocycles. The molecule has 0 saturated carbocycles. The van der Waals surface area contributed by atoms with Crippen LogP contribution in [0.5, 0.6) is 0 Å². The zero-order chi connectivity index (χ0) is 14.3. The second-order valence-electron chi connectivity index (χ2n) is 5.08. The van der Waals surface area contributed by atoms with Crippen LogP contribution in [0.15, 0.2) is 18.2 Å². The van der Waals surface area contributed by atoms with Crippen LogP contribution in [0.25, 0.3) is 10.9 Å². The normalized spacial score (nSPS) is 15.3. The van der Waals surface area contributed by atoms with E-state index in [0.29, 0.717) is 16.5 Å². The third kappa shape index (κ3) is 1.94. The van der Waals surface area contributed by atoms with Crippen molar-refractivity contribution in [1.29, 1.82) is 5.41 Å². The molecular formula is C15H17FN4. The first-order chi connectivity index (χ1) is 9.61. The van der Waals surface area contributed by atoms with Crippen molar-refractivity contribution in [3.05, 3.63) is 40.8 Å². The lowest BCUT2D eigenvalue weighted by molar-refractivity contribution is 0.266. The molecule has 5 heteroatoms. The third-order valence-corrected chi connectivity index (χ3v) is 3.92. The number of halogens is 1. The predicted octanol–water partition coefficient (Wildman–Crippen LogP) is 2.04. The van der Waals surface area contributed by atoms with E-state index in [1.54, 1.807) is 12.1 Å². The van der Waals surface area contributed by atoms with Gasteiger partial charge in [0, 0.05) is 36.2 Å². The molecular weight excluding hydrogens is 255 g/mol. The Morgan fingerprint density at radius 3 is 3.00 bits per heavy atom. The van der Waals surface area contributed by atoms with Crippen molar-refractivity contribution in [2.45, 2.75) is 19.9 Å². The number of benzene rings is 1. The molecule has 2 aromatic rings. The van der Waals surface area contributed by atoms with Gasteiger partial charge in [-0.1, -0.05) is 19.1 Å². The number of nitrogen functional groups attached to an aromatic ring is 1. The fourth-order valence-corrected chi connectivity index (χ4v) is 2.86. The molecule has 0 spiro atoms. The summed E-state index contributed by atoms with van der Waals surface area (Å²) in [5.74, 6) is -0.372. The van der Waals surface area contributed by atoms with Crippen LogP contribution in [0.3, 0.4) is 0 Å². The molecule has 1 aromatic heterocycles. The van der Waals surface area contributed by atoms with Crippen LogP contribution in [0, 0.1) is 11.2 Å². The van der Waals surface area contributed by atoms with Gasteiger partial charge in [0.2, 0.25) is 0 Å². The molecule has 3 rings (SSSR count). The minimum Gasteiger partial charge on any atom is -0.384 e. The van der Waals surface area contributed by atoms with E-state index in [0.717, 1.165) is 37.3 Å². The average Bonchev–Trinajstić information content (AvgIpc) is 2.44. The van der Waals surface area contributed by atoms with Crippen molar-refractivity contribution < 1.29 is 4.39 Å². The summed E-state index contributed by atoms with van der Waals surface area (Å²) in [4.78, 5) is 6.75. The highest BCUT2D eigenvalue weighted by molar-refractivity contribution is 6.08. The Balaban J connectivity index is 2.32. The maximum absolute atomic E-state index is 14.0. The minimum absolute atomic E-state index is 0.0165. The molecule has 0 unspecified atom stereocenters. The number of nitrogens with zero attached hydrogens (tertiary/aromatic N) is 2. The number of hydrogen-bond donors (Lipinski definition) is 2. The lowest BCUT2D eigenvalue weighted by atomic mass is 9.95. The van der Waals surface area contributed by atoms with E-state index >= 15 is 0 Å². The second-order valence-corrected chi connectivity index (χ2v) is 5.08. The fraction of sp³-hybridized carbons (Fsp3) is 0.333. The summed E-state index contributed by atoms with van der Waals surface area (Å²) in [7, 11) is 0. The Kier molecular flexibility index (Phi) is 3.14. The molecule has 1 aliphatic rings. The van der Waals surface area contributed by atoms with Gasteiger partial charge in [0.1, 0.15) is 17.2 Å². The molecule has 2 heterocycles. The summed E-state index contributed by atoms with van der Waals surface area (Å²) in [5.41, 5.74) is 8.57. The van der Waals surface area contributed by atoms with Gasteiger partial charge in [0.15, 0.2) is 0 Å². The van der Waals surface area contributed by atoms with Crippen LogP contribution in [0.2, 0.25) is 0 Å². The number of amidine groups is 1. The van der Waals surface area contributed by atoms with Gasteiger partial charge in [-0.05, 0) is 18.2 Å². The molecule has 3 N–H and O–H groups in total. The standard InChI is InChI=1S/C15H17FN4/c1-2-20-7-6-12-10(8-20)13(15(17)18)9-4-3-5-11(16)14(9)19-12/h3-5H,2,6-8H2,1H3,(H3,17,18). The van der Waals surface area contributed by atoms with Crippen LogP contribution in [-0.4, -0.2) is 28.8 Å². The summed E-state index contributed by atoms with van der Waals surface area (Å²) in [6.45, 7) is 4.68. The quantitative estimate of drug-likeness (QED) is 0.649. The molecule has 0 bridgehead atoms. The molecule has 0 saturated heterocycles. The monoisotopic (exact) mass is 272 g/mol. The highest BCUT2D eigenvalue weighted by atomic mass is 19.1. The number of para-hydroxylation sites is 1. The summed E-state index contributed by atoms with van der Waals surface area (Å²) < 4.78 is 14.0. The molecule has 0 fully saturated rings. The number of rotatable bonds is 2. The van der Waals surface area contributed by atoms with Crippen LogP contribution >= 0.6 is 0 Å². The Morgan fingerprint density at radius 2 is 2.30 bits per heavy atom. The predicted molar refractivity (Wildman–Crippen MR) is 77.4 cm³/mol. The number of hydrogen-bond acceptors (Lipinski definition) is 3. The van der Waals surface area contributed by atoms with E-state index in [4.69, 9.17) is 11.1 Å². The van der Waals surface area contributed by atoms with E-state index < -0.39 is 0 Å². The zero-order valence-corrected chi connectivity index (χ0v) is 11.4. The second kappa shape index (κ2) is 4.83. The largest absolute Gasteiger partial charge is 0.384 e. The van der Waals surface area contributed by atoms with E-state index in [1.807, 2.05) is 0 Å². The van der Waals surface area contributed by atoms with Crippen molar-refractivity contribution >= 4 is 16.7 Å². The summed E-state index contributed by atoms with van der Waals surface area (Å²) >= 11 is 0. The number of likely N-dealkylation sites (N-methyl/N-ethyl adjacent to an activating group) is 1. The van der Waals surface area contributed by atoms with Gasteiger partial charge in [0.05, 0.1) is 0 Å². The highest BCUT2D eigenvalue weighted by Crippen LogP contribution is 2.28. The van der Waals surface area contributed by atoms with Gasteiger partial charge < -0.3 is 5.73 Å². The SMILES string of the molecule is CCN1CCc2nc3c(F)cccc3c(C(=N)N)c2C1. The molecule has 0 amide bonds. The first-order valence-corrected chi connectivity index (χ1v) is 6.78. The van der Waals surface area contributed by atoms with Gasteiger partial charge in [-0.25, -0.2) is 9.37 Å². The van der Waals surface area contributed by atoms with E-state index in [1.165, 1.54) is 6.07 Å². The van der Waals surface area contributed by atoms with Gasteiger partial charge in [-0.2, -0.15) is 0 Å². The van der Waals surface area contributed by atoms with Gasteiger partial charge in [-0.15, -0.1) is 0 Å². The van der Waals surface area contributed by atoms with Crippen molar-refractivity contribution in [1.82, 2.24) is 9.88 Å². The fourth-order valence-electron chi connectivity index (χ4n) is 2.86. The molecule has 20 heavy (non-hydrogen) atoms. The van der Waals surface area contributed by atoms with E-state index in [9.17, 15) is 4.39 Å².